The summed E-state index contributed by atoms with van der Waals surface area (Å²) in [6.07, 6.45) is 5.47. The number of amides is 1. The van der Waals surface area contributed by atoms with Crippen LogP contribution in [0, 0.1) is 0 Å². The highest BCUT2D eigenvalue weighted by Crippen LogP contribution is 2.28. The summed E-state index contributed by atoms with van der Waals surface area (Å²) >= 11 is 1.18. The molecule has 0 radical (unpaired) electrons. The van der Waals surface area contributed by atoms with E-state index in [4.69, 9.17) is 4.74 Å². The minimum absolute atomic E-state index is 0.130. The van der Waals surface area contributed by atoms with E-state index in [0.717, 1.165) is 36.3 Å². The Morgan fingerprint density at radius 3 is 2.69 bits per heavy atom. The fourth-order valence-corrected chi connectivity index (χ4v) is 6.89. The molecule has 2 aromatic rings. The predicted octanol–water partition coefficient (Wildman–Crippen LogP) is 2.76. The topological polar surface area (TPSA) is 75.7 Å². The fraction of sp³-hybridized carbons (Fsp3) is 0.476. The largest absolute Gasteiger partial charge is 0.492 e. The lowest BCUT2D eigenvalue weighted by Crippen LogP contribution is -2.29. The van der Waals surface area contributed by atoms with E-state index in [1.807, 2.05) is 6.07 Å². The quantitative estimate of drug-likeness (QED) is 0.648. The molecule has 0 unspecified atom stereocenters. The molecule has 1 amide bonds. The van der Waals surface area contributed by atoms with Crippen molar-refractivity contribution in [1.82, 2.24) is 9.62 Å². The molecule has 2 aliphatic rings. The molecule has 4 rings (SSSR count). The number of carbonyl (C=O) groups is 1. The number of hydrogen-bond acceptors (Lipinski definition) is 5. The second kappa shape index (κ2) is 8.85. The zero-order chi connectivity index (χ0) is 20.3. The average Bonchev–Trinajstić information content (AvgIpc) is 3.46. The molecule has 1 aliphatic heterocycles. The van der Waals surface area contributed by atoms with Crippen molar-refractivity contribution < 1.29 is 17.9 Å². The number of nitrogens with one attached hydrogen (secondary N) is 1. The number of benzene rings is 1. The lowest BCUT2D eigenvalue weighted by atomic mass is 10.1. The van der Waals surface area contributed by atoms with Gasteiger partial charge in [0, 0.05) is 18.0 Å². The Morgan fingerprint density at radius 2 is 1.86 bits per heavy atom. The monoisotopic (exact) mass is 434 g/mol. The highest BCUT2D eigenvalue weighted by atomic mass is 32.2. The van der Waals surface area contributed by atoms with Gasteiger partial charge in [0.15, 0.2) is 0 Å². The first kappa shape index (κ1) is 20.4. The van der Waals surface area contributed by atoms with Crippen molar-refractivity contribution in [1.29, 1.82) is 0 Å². The summed E-state index contributed by atoms with van der Waals surface area (Å²) in [6.45, 7) is 1.99. The molecule has 1 saturated heterocycles. The van der Waals surface area contributed by atoms with E-state index in [9.17, 15) is 13.2 Å². The van der Waals surface area contributed by atoms with Crippen molar-refractivity contribution in [3.8, 4) is 5.75 Å². The molecule has 1 aliphatic carbocycles. The third kappa shape index (κ3) is 4.82. The Hall–Kier alpha value is -1.90. The van der Waals surface area contributed by atoms with Crippen LogP contribution in [0.25, 0.3) is 0 Å². The first-order chi connectivity index (χ1) is 14.0. The molecule has 1 fully saturated rings. The molecule has 156 valence electrons. The molecule has 6 nitrogen and oxygen atoms in total. The Morgan fingerprint density at radius 1 is 1.07 bits per heavy atom. The van der Waals surface area contributed by atoms with Crippen LogP contribution in [-0.2, 0) is 34.1 Å². The van der Waals surface area contributed by atoms with Gasteiger partial charge in [-0.2, -0.15) is 4.31 Å². The number of nitrogens with zero attached hydrogens (tertiary/aromatic N) is 1. The number of rotatable bonds is 8. The lowest BCUT2D eigenvalue weighted by molar-refractivity contribution is -0.120. The van der Waals surface area contributed by atoms with Crippen molar-refractivity contribution in [2.24, 2.45) is 0 Å². The van der Waals surface area contributed by atoms with Gasteiger partial charge in [0.05, 0.1) is 13.0 Å². The molecule has 1 aromatic carbocycles. The Balaban J connectivity index is 1.22. The molecule has 0 bridgehead atoms. The van der Waals surface area contributed by atoms with E-state index < -0.39 is 10.0 Å². The maximum atomic E-state index is 12.6. The van der Waals surface area contributed by atoms with Gasteiger partial charge in [-0.3, -0.25) is 4.79 Å². The Kier molecular flexibility index (Phi) is 6.22. The van der Waals surface area contributed by atoms with Crippen molar-refractivity contribution in [3.05, 3.63) is 46.3 Å². The van der Waals surface area contributed by atoms with Gasteiger partial charge in [-0.1, -0.05) is 6.07 Å². The van der Waals surface area contributed by atoms with Crippen molar-refractivity contribution in [3.63, 3.8) is 0 Å². The number of aryl methyl sites for hydroxylation is 2. The molecule has 0 spiro atoms. The summed E-state index contributed by atoms with van der Waals surface area (Å²) in [5.41, 5.74) is 2.77. The molecule has 0 saturated carbocycles. The van der Waals surface area contributed by atoms with Crippen LogP contribution in [0.3, 0.4) is 0 Å². The highest BCUT2D eigenvalue weighted by molar-refractivity contribution is 7.91. The first-order valence-electron chi connectivity index (χ1n) is 10.1. The maximum absolute atomic E-state index is 12.6. The van der Waals surface area contributed by atoms with Crippen molar-refractivity contribution in [2.45, 2.75) is 42.7 Å². The van der Waals surface area contributed by atoms with Gasteiger partial charge >= 0.3 is 0 Å². The number of thiophene rings is 1. The van der Waals surface area contributed by atoms with E-state index in [-0.39, 0.29) is 12.3 Å². The molecule has 8 heteroatoms. The maximum Gasteiger partial charge on any atom is 0.252 e. The minimum atomic E-state index is -3.41. The van der Waals surface area contributed by atoms with Gasteiger partial charge in [-0.05, 0) is 67.5 Å². The lowest BCUT2D eigenvalue weighted by Gasteiger charge is -2.13. The van der Waals surface area contributed by atoms with Gasteiger partial charge in [-0.15, -0.1) is 11.3 Å². The Labute approximate surface area is 175 Å². The van der Waals surface area contributed by atoms with Crippen LogP contribution < -0.4 is 10.1 Å². The molecule has 1 aromatic heterocycles. The minimum Gasteiger partial charge on any atom is -0.492 e. The zero-order valence-corrected chi connectivity index (χ0v) is 18.0. The summed E-state index contributed by atoms with van der Waals surface area (Å²) < 4.78 is 32.7. The molecule has 1 N–H and O–H groups in total. The summed E-state index contributed by atoms with van der Waals surface area (Å²) in [6, 6.07) is 9.55. The third-order valence-corrected chi connectivity index (χ3v) is 8.85. The van der Waals surface area contributed by atoms with Crippen molar-refractivity contribution >= 4 is 27.3 Å². The van der Waals surface area contributed by atoms with Gasteiger partial charge in [0.2, 0.25) is 5.91 Å². The van der Waals surface area contributed by atoms with Gasteiger partial charge in [0.25, 0.3) is 10.0 Å². The van der Waals surface area contributed by atoms with Crippen LogP contribution in [0.1, 0.15) is 35.3 Å². The van der Waals surface area contributed by atoms with E-state index in [0.29, 0.717) is 30.5 Å². The van der Waals surface area contributed by atoms with Gasteiger partial charge < -0.3 is 10.1 Å². The third-order valence-electron chi connectivity index (χ3n) is 5.39. The van der Waals surface area contributed by atoms with Crippen LogP contribution >= 0.6 is 11.3 Å². The second-order valence-electron chi connectivity index (χ2n) is 7.49. The van der Waals surface area contributed by atoms with E-state index >= 15 is 0 Å². The number of ether oxygens (including phenoxy) is 1. The molecular formula is C21H26N2O4S2. The van der Waals surface area contributed by atoms with Crippen molar-refractivity contribution in [2.75, 3.05) is 26.2 Å². The second-order valence-corrected chi connectivity index (χ2v) is 10.8. The average molecular weight is 435 g/mol. The van der Waals surface area contributed by atoms with E-state index in [2.05, 4.69) is 17.4 Å². The molecule has 2 heterocycles. The number of sulfonamides is 1. The van der Waals surface area contributed by atoms with Crippen LogP contribution in [0.15, 0.2) is 34.5 Å². The zero-order valence-electron chi connectivity index (χ0n) is 16.4. The molecular weight excluding hydrogens is 408 g/mol. The number of carbonyl (C=O) groups excluding carboxylic acids is 1. The van der Waals surface area contributed by atoms with Crippen LogP contribution in [0.2, 0.25) is 0 Å². The summed E-state index contributed by atoms with van der Waals surface area (Å²) in [7, 11) is -3.41. The summed E-state index contributed by atoms with van der Waals surface area (Å²) in [5, 5.41) is 2.84. The Bertz CT molecular complexity index is 978. The highest BCUT2D eigenvalue weighted by Gasteiger charge is 2.28. The normalized spacial score (nSPS) is 16.7. The molecule has 29 heavy (non-hydrogen) atoms. The van der Waals surface area contributed by atoms with E-state index in [1.54, 1.807) is 12.1 Å². The van der Waals surface area contributed by atoms with Crippen LogP contribution in [-0.4, -0.2) is 44.9 Å². The van der Waals surface area contributed by atoms with Crippen LogP contribution in [0.5, 0.6) is 5.75 Å². The molecule has 0 atom stereocenters. The number of hydrogen-bond donors (Lipinski definition) is 1. The fourth-order valence-electron chi connectivity index (χ4n) is 3.87. The first-order valence-corrected chi connectivity index (χ1v) is 12.4. The smallest absolute Gasteiger partial charge is 0.252 e. The predicted molar refractivity (Wildman–Crippen MR) is 113 cm³/mol. The van der Waals surface area contributed by atoms with E-state index in [1.165, 1.54) is 33.2 Å². The summed E-state index contributed by atoms with van der Waals surface area (Å²) in [4.78, 5) is 12.9. The van der Waals surface area contributed by atoms with Gasteiger partial charge in [-0.25, -0.2) is 8.42 Å². The summed E-state index contributed by atoms with van der Waals surface area (Å²) in [5.74, 6) is 0.712. The standard InChI is InChI=1S/C21H26N2O4S2/c24-20(22-10-13-27-18-7-6-16-4-3-5-17(16)14-18)15-19-8-9-21(28-19)29(25,26)23-11-1-2-12-23/h6-9,14H,1-5,10-13,15H2,(H,22,24). The number of fused-ring (bicyclic) bond motifs is 1. The van der Waals surface area contributed by atoms with Crippen LogP contribution in [0.4, 0.5) is 0 Å². The SMILES string of the molecule is O=C(Cc1ccc(S(=O)(=O)N2CCCC2)s1)NCCOc1ccc2c(c1)CCC2. The van der Waals surface area contributed by atoms with Gasteiger partial charge in [0.1, 0.15) is 16.6 Å².